The number of hydrogen-bond donors (Lipinski definition) is 0. The Morgan fingerprint density at radius 1 is 1.12 bits per heavy atom. The van der Waals surface area contributed by atoms with Crippen molar-refractivity contribution in [2.75, 3.05) is 13.7 Å². The van der Waals surface area contributed by atoms with E-state index in [4.69, 9.17) is 4.74 Å². The summed E-state index contributed by atoms with van der Waals surface area (Å²) in [6.07, 6.45) is 0.879. The van der Waals surface area contributed by atoms with Gasteiger partial charge in [0.2, 0.25) is 5.91 Å². The van der Waals surface area contributed by atoms with Gasteiger partial charge >= 0.3 is 0 Å². The Kier molecular flexibility index (Phi) is 4.35. The number of amides is 1. The van der Waals surface area contributed by atoms with Crippen molar-refractivity contribution < 1.29 is 9.53 Å². The maximum atomic E-state index is 13.1. The minimum absolute atomic E-state index is 0.0585. The molecule has 3 nitrogen and oxygen atoms in total. The van der Waals surface area contributed by atoms with E-state index >= 15 is 0 Å². The molecule has 0 radical (unpaired) electrons. The van der Waals surface area contributed by atoms with Crippen molar-refractivity contribution in [1.29, 1.82) is 0 Å². The maximum Gasteiger partial charge on any atom is 0.228 e. The largest absolute Gasteiger partial charge is 0.497 e. The van der Waals surface area contributed by atoms with Gasteiger partial charge in [0.1, 0.15) is 5.75 Å². The lowest BCUT2D eigenvalue weighted by Crippen LogP contribution is -2.45. The molecule has 1 unspecified atom stereocenters. The fourth-order valence-corrected chi connectivity index (χ4v) is 3.36. The van der Waals surface area contributed by atoms with Crippen LogP contribution in [0.2, 0.25) is 0 Å². The third-order valence-corrected chi connectivity index (χ3v) is 4.60. The van der Waals surface area contributed by atoms with Crippen LogP contribution in [0.25, 0.3) is 0 Å². The number of benzene rings is 2. The number of ether oxygens (including phenoxy) is 1. The SMILES string of the molecule is COc1ccc2c(c1)C(c1ccccc1)N(C(=O)C(C)(C)C)CC2. The van der Waals surface area contributed by atoms with Gasteiger partial charge in [-0.05, 0) is 35.2 Å². The summed E-state index contributed by atoms with van der Waals surface area (Å²) in [5.74, 6) is 1.02. The molecule has 0 aliphatic carbocycles. The first-order valence-electron chi connectivity index (χ1n) is 8.44. The minimum atomic E-state index is -0.399. The Morgan fingerprint density at radius 2 is 1.83 bits per heavy atom. The van der Waals surface area contributed by atoms with E-state index < -0.39 is 5.41 Å². The van der Waals surface area contributed by atoms with Crippen LogP contribution in [0.3, 0.4) is 0 Å². The molecule has 2 aromatic rings. The number of hydrogen-bond acceptors (Lipinski definition) is 2. The van der Waals surface area contributed by atoms with Crippen molar-refractivity contribution in [3.8, 4) is 5.75 Å². The normalized spacial score (nSPS) is 17.3. The zero-order valence-corrected chi connectivity index (χ0v) is 14.9. The quantitative estimate of drug-likeness (QED) is 0.828. The fourth-order valence-electron chi connectivity index (χ4n) is 3.36. The van der Waals surface area contributed by atoms with Gasteiger partial charge in [0.05, 0.1) is 13.2 Å². The van der Waals surface area contributed by atoms with E-state index in [1.165, 1.54) is 11.1 Å². The van der Waals surface area contributed by atoms with Gasteiger partial charge in [-0.25, -0.2) is 0 Å². The van der Waals surface area contributed by atoms with E-state index in [1.807, 2.05) is 49.9 Å². The molecule has 3 heteroatoms. The number of rotatable bonds is 2. The molecule has 0 N–H and O–H groups in total. The highest BCUT2D eigenvalue weighted by Gasteiger charge is 2.36. The Bertz CT molecular complexity index is 731. The van der Waals surface area contributed by atoms with Gasteiger partial charge in [0.15, 0.2) is 0 Å². The van der Waals surface area contributed by atoms with Gasteiger partial charge in [0, 0.05) is 12.0 Å². The van der Waals surface area contributed by atoms with Gasteiger partial charge in [-0.3, -0.25) is 4.79 Å². The molecule has 24 heavy (non-hydrogen) atoms. The standard InChI is InChI=1S/C21H25NO2/c1-21(2,3)20(23)22-13-12-15-10-11-17(24-4)14-18(15)19(22)16-8-6-5-7-9-16/h5-11,14,19H,12-13H2,1-4H3. The summed E-state index contributed by atoms with van der Waals surface area (Å²) >= 11 is 0. The molecule has 1 aliphatic heterocycles. The summed E-state index contributed by atoms with van der Waals surface area (Å²) in [7, 11) is 1.68. The summed E-state index contributed by atoms with van der Waals surface area (Å²) in [6.45, 7) is 6.70. The lowest BCUT2D eigenvalue weighted by atomic mass is 9.85. The molecule has 2 aromatic carbocycles. The topological polar surface area (TPSA) is 29.5 Å². The highest BCUT2D eigenvalue weighted by molar-refractivity contribution is 5.83. The number of methoxy groups -OCH3 is 1. The van der Waals surface area contributed by atoms with Gasteiger partial charge in [-0.15, -0.1) is 0 Å². The summed E-state index contributed by atoms with van der Waals surface area (Å²) < 4.78 is 5.42. The van der Waals surface area contributed by atoms with Crippen LogP contribution in [0.4, 0.5) is 0 Å². The van der Waals surface area contributed by atoms with E-state index in [9.17, 15) is 4.79 Å². The van der Waals surface area contributed by atoms with Crippen LogP contribution in [-0.4, -0.2) is 24.5 Å². The predicted molar refractivity (Wildman–Crippen MR) is 96.2 cm³/mol. The van der Waals surface area contributed by atoms with E-state index in [1.54, 1.807) is 7.11 Å². The van der Waals surface area contributed by atoms with Crippen molar-refractivity contribution in [3.63, 3.8) is 0 Å². The van der Waals surface area contributed by atoms with E-state index in [-0.39, 0.29) is 11.9 Å². The Morgan fingerprint density at radius 3 is 2.46 bits per heavy atom. The molecule has 1 amide bonds. The first-order chi connectivity index (χ1) is 11.4. The number of carbonyl (C=O) groups excluding carboxylic acids is 1. The molecule has 1 aliphatic rings. The molecule has 3 rings (SSSR count). The lowest BCUT2D eigenvalue weighted by molar-refractivity contribution is -0.141. The van der Waals surface area contributed by atoms with E-state index in [0.29, 0.717) is 0 Å². The molecule has 0 saturated carbocycles. The molecular weight excluding hydrogens is 298 g/mol. The number of carbonyl (C=O) groups is 1. The van der Waals surface area contributed by atoms with Crippen molar-refractivity contribution in [3.05, 3.63) is 65.2 Å². The number of nitrogens with zero attached hydrogens (tertiary/aromatic N) is 1. The molecule has 0 saturated heterocycles. The van der Waals surface area contributed by atoms with Crippen LogP contribution >= 0.6 is 0 Å². The van der Waals surface area contributed by atoms with Crippen molar-refractivity contribution in [1.82, 2.24) is 4.90 Å². The van der Waals surface area contributed by atoms with Crippen LogP contribution in [0.1, 0.15) is 43.5 Å². The first-order valence-corrected chi connectivity index (χ1v) is 8.44. The summed E-state index contributed by atoms with van der Waals surface area (Å²) in [5.41, 5.74) is 3.21. The Hall–Kier alpha value is -2.29. The molecule has 1 atom stereocenters. The average molecular weight is 323 g/mol. The molecule has 0 aromatic heterocycles. The average Bonchev–Trinajstić information content (AvgIpc) is 2.59. The first kappa shape index (κ1) is 16.6. The van der Waals surface area contributed by atoms with Crippen LogP contribution in [0.5, 0.6) is 5.75 Å². The van der Waals surface area contributed by atoms with Crippen molar-refractivity contribution in [2.45, 2.75) is 33.2 Å². The van der Waals surface area contributed by atoms with Crippen LogP contribution in [0.15, 0.2) is 48.5 Å². The minimum Gasteiger partial charge on any atom is -0.497 e. The summed E-state index contributed by atoms with van der Waals surface area (Å²) in [5, 5.41) is 0. The van der Waals surface area contributed by atoms with Gasteiger partial charge in [-0.1, -0.05) is 57.2 Å². The van der Waals surface area contributed by atoms with E-state index in [2.05, 4.69) is 24.3 Å². The Balaban J connectivity index is 2.13. The van der Waals surface area contributed by atoms with Gasteiger partial charge < -0.3 is 9.64 Å². The van der Waals surface area contributed by atoms with Crippen LogP contribution in [-0.2, 0) is 11.2 Å². The fraction of sp³-hybridized carbons (Fsp3) is 0.381. The zero-order chi connectivity index (χ0) is 17.3. The second kappa shape index (κ2) is 6.31. The third-order valence-electron chi connectivity index (χ3n) is 4.60. The smallest absolute Gasteiger partial charge is 0.228 e. The highest BCUT2D eigenvalue weighted by atomic mass is 16.5. The summed E-state index contributed by atoms with van der Waals surface area (Å²) in [6, 6.07) is 16.4. The van der Waals surface area contributed by atoms with Gasteiger partial charge in [0.25, 0.3) is 0 Å². The van der Waals surface area contributed by atoms with E-state index in [0.717, 1.165) is 24.3 Å². The maximum absolute atomic E-state index is 13.1. The third kappa shape index (κ3) is 3.03. The zero-order valence-electron chi connectivity index (χ0n) is 14.9. The Labute approximate surface area is 144 Å². The second-order valence-electron chi connectivity index (χ2n) is 7.38. The highest BCUT2D eigenvalue weighted by Crippen LogP contribution is 2.39. The molecule has 0 bridgehead atoms. The molecule has 0 spiro atoms. The van der Waals surface area contributed by atoms with Crippen molar-refractivity contribution in [2.24, 2.45) is 5.41 Å². The van der Waals surface area contributed by atoms with Crippen LogP contribution < -0.4 is 4.74 Å². The summed E-state index contributed by atoms with van der Waals surface area (Å²) in [4.78, 5) is 15.1. The van der Waals surface area contributed by atoms with Crippen LogP contribution in [0, 0.1) is 5.41 Å². The lowest BCUT2D eigenvalue weighted by Gasteiger charge is -2.41. The molecule has 0 fully saturated rings. The molecular formula is C21H25NO2. The molecule has 1 heterocycles. The van der Waals surface area contributed by atoms with Crippen molar-refractivity contribution >= 4 is 5.91 Å². The van der Waals surface area contributed by atoms with Gasteiger partial charge in [-0.2, -0.15) is 0 Å². The number of fused-ring (bicyclic) bond motifs is 1. The monoisotopic (exact) mass is 323 g/mol. The molecule has 126 valence electrons. The predicted octanol–water partition coefficient (Wildman–Crippen LogP) is 4.22. The second-order valence-corrected chi connectivity index (χ2v) is 7.38.